The van der Waals surface area contributed by atoms with Gasteiger partial charge in [-0.2, -0.15) is 0 Å². The summed E-state index contributed by atoms with van der Waals surface area (Å²) in [6, 6.07) is 0. The van der Waals surface area contributed by atoms with Gasteiger partial charge in [-0.05, 0) is 6.42 Å². The number of imidazole rings is 1. The van der Waals surface area contributed by atoms with E-state index in [1.165, 1.54) is 6.08 Å². The van der Waals surface area contributed by atoms with Crippen molar-refractivity contribution in [3.63, 3.8) is 0 Å². The summed E-state index contributed by atoms with van der Waals surface area (Å²) in [5.74, 6) is -0.0297. The third-order valence-electron chi connectivity index (χ3n) is 1.81. The minimum absolute atomic E-state index is 0.0297. The van der Waals surface area contributed by atoms with Crippen molar-refractivity contribution in [2.24, 2.45) is 0 Å². The summed E-state index contributed by atoms with van der Waals surface area (Å²) in [5, 5.41) is 0. The molecular weight excluding hydrogens is 214 g/mol. The Balaban J connectivity index is 2.19. The van der Waals surface area contributed by atoms with Crippen molar-refractivity contribution in [2.45, 2.75) is 13.0 Å². The Morgan fingerprint density at radius 3 is 2.93 bits per heavy atom. The molecule has 1 aromatic heterocycles. The molecule has 84 valence electrons. The Kier molecular flexibility index (Phi) is 4.51. The summed E-state index contributed by atoms with van der Waals surface area (Å²) >= 11 is 0. The molecular formula is C9H15N3O2S. The van der Waals surface area contributed by atoms with E-state index in [2.05, 4.69) is 16.3 Å². The number of nitrogens with one attached hydrogen (secondary N) is 1. The van der Waals surface area contributed by atoms with Crippen LogP contribution in [-0.2, 0) is 16.6 Å². The molecule has 0 amide bonds. The second-order valence-corrected chi connectivity index (χ2v) is 4.97. The SMILES string of the molecule is C=CCS(=O)(=O)NCCCn1ccnc1. The first-order chi connectivity index (χ1) is 7.14. The fraction of sp³-hybridized carbons (Fsp3) is 0.444. The van der Waals surface area contributed by atoms with Gasteiger partial charge in [0.2, 0.25) is 10.0 Å². The van der Waals surface area contributed by atoms with E-state index in [9.17, 15) is 8.42 Å². The molecule has 1 heterocycles. The fourth-order valence-electron chi connectivity index (χ4n) is 1.12. The third-order valence-corrected chi connectivity index (χ3v) is 3.13. The van der Waals surface area contributed by atoms with Gasteiger partial charge in [0.05, 0.1) is 12.1 Å². The number of hydrogen-bond acceptors (Lipinski definition) is 3. The molecule has 0 aliphatic carbocycles. The van der Waals surface area contributed by atoms with Gasteiger partial charge in [0, 0.05) is 25.5 Å². The van der Waals surface area contributed by atoms with Gasteiger partial charge in [0.25, 0.3) is 0 Å². The average molecular weight is 229 g/mol. The van der Waals surface area contributed by atoms with Crippen LogP contribution in [0.2, 0.25) is 0 Å². The lowest BCUT2D eigenvalue weighted by molar-refractivity contribution is 0.572. The van der Waals surface area contributed by atoms with Crippen molar-refractivity contribution in [3.8, 4) is 0 Å². The normalized spacial score (nSPS) is 11.5. The van der Waals surface area contributed by atoms with Gasteiger partial charge in [-0.3, -0.25) is 0 Å². The van der Waals surface area contributed by atoms with Crippen molar-refractivity contribution in [1.82, 2.24) is 14.3 Å². The lowest BCUT2D eigenvalue weighted by Gasteiger charge is -2.04. The molecule has 0 radical (unpaired) electrons. The zero-order valence-corrected chi connectivity index (χ0v) is 9.28. The smallest absolute Gasteiger partial charge is 0.215 e. The van der Waals surface area contributed by atoms with Gasteiger partial charge >= 0.3 is 0 Å². The highest BCUT2D eigenvalue weighted by Crippen LogP contribution is 1.91. The highest BCUT2D eigenvalue weighted by molar-refractivity contribution is 7.89. The lowest BCUT2D eigenvalue weighted by atomic mass is 10.4. The molecule has 5 nitrogen and oxygen atoms in total. The largest absolute Gasteiger partial charge is 0.337 e. The molecule has 1 N–H and O–H groups in total. The van der Waals surface area contributed by atoms with Crippen LogP contribution >= 0.6 is 0 Å². The van der Waals surface area contributed by atoms with Crippen LogP contribution in [0.15, 0.2) is 31.4 Å². The number of rotatable bonds is 7. The second kappa shape index (κ2) is 5.67. The summed E-state index contributed by atoms with van der Waals surface area (Å²) in [5.41, 5.74) is 0. The van der Waals surface area contributed by atoms with Gasteiger partial charge in [-0.1, -0.05) is 6.08 Å². The molecule has 0 atom stereocenters. The Labute approximate surface area is 89.9 Å². The zero-order valence-electron chi connectivity index (χ0n) is 8.46. The van der Waals surface area contributed by atoms with Gasteiger partial charge in [0.1, 0.15) is 0 Å². The van der Waals surface area contributed by atoms with Crippen LogP contribution in [-0.4, -0.2) is 30.3 Å². The van der Waals surface area contributed by atoms with E-state index in [1.54, 1.807) is 12.5 Å². The number of sulfonamides is 1. The monoisotopic (exact) mass is 229 g/mol. The summed E-state index contributed by atoms with van der Waals surface area (Å²) in [4.78, 5) is 3.89. The van der Waals surface area contributed by atoms with E-state index in [0.717, 1.165) is 13.0 Å². The van der Waals surface area contributed by atoms with Crippen LogP contribution in [0.5, 0.6) is 0 Å². The van der Waals surface area contributed by atoms with E-state index in [4.69, 9.17) is 0 Å². The maximum absolute atomic E-state index is 11.2. The summed E-state index contributed by atoms with van der Waals surface area (Å²) in [6.45, 7) is 4.58. The molecule has 0 aromatic carbocycles. The second-order valence-electron chi connectivity index (χ2n) is 3.12. The number of aromatic nitrogens is 2. The van der Waals surface area contributed by atoms with Crippen molar-refractivity contribution in [1.29, 1.82) is 0 Å². The average Bonchev–Trinajstić information content (AvgIpc) is 2.65. The maximum Gasteiger partial charge on any atom is 0.215 e. The van der Waals surface area contributed by atoms with Crippen LogP contribution in [0, 0.1) is 0 Å². The highest BCUT2D eigenvalue weighted by Gasteiger charge is 2.05. The molecule has 0 saturated heterocycles. The molecule has 0 fully saturated rings. The summed E-state index contributed by atoms with van der Waals surface area (Å²) in [6.07, 6.45) is 7.36. The molecule has 6 heteroatoms. The minimum Gasteiger partial charge on any atom is -0.337 e. The molecule has 1 rings (SSSR count). The summed E-state index contributed by atoms with van der Waals surface area (Å²) < 4.78 is 26.8. The lowest BCUT2D eigenvalue weighted by Crippen LogP contribution is -2.27. The van der Waals surface area contributed by atoms with E-state index < -0.39 is 10.0 Å². The Hall–Kier alpha value is -1.14. The van der Waals surface area contributed by atoms with Gasteiger partial charge in [0.15, 0.2) is 0 Å². The standard InChI is InChI=1S/C9H15N3O2S/c1-2-8-15(13,14)11-4-3-6-12-7-5-10-9-12/h2,5,7,9,11H,1,3-4,6,8H2. The fourth-order valence-corrected chi connectivity index (χ4v) is 2.01. The highest BCUT2D eigenvalue weighted by atomic mass is 32.2. The number of nitrogens with zero attached hydrogens (tertiary/aromatic N) is 2. The number of aryl methyl sites for hydroxylation is 1. The van der Waals surface area contributed by atoms with Gasteiger partial charge in [-0.25, -0.2) is 18.1 Å². The van der Waals surface area contributed by atoms with Crippen LogP contribution in [0.25, 0.3) is 0 Å². The van der Waals surface area contributed by atoms with Crippen LogP contribution in [0.4, 0.5) is 0 Å². The quantitative estimate of drug-likeness (QED) is 0.543. The molecule has 15 heavy (non-hydrogen) atoms. The first kappa shape index (κ1) is 11.9. The van der Waals surface area contributed by atoms with Crippen molar-refractivity contribution < 1.29 is 8.42 Å². The Morgan fingerprint density at radius 2 is 2.33 bits per heavy atom. The molecule has 0 bridgehead atoms. The molecule has 0 aliphatic rings. The molecule has 0 unspecified atom stereocenters. The van der Waals surface area contributed by atoms with E-state index in [0.29, 0.717) is 6.54 Å². The van der Waals surface area contributed by atoms with Gasteiger partial charge in [-0.15, -0.1) is 6.58 Å². The predicted octanol–water partition coefficient (Wildman–Crippen LogP) is 0.379. The third kappa shape index (κ3) is 4.75. The van der Waals surface area contributed by atoms with Crippen molar-refractivity contribution >= 4 is 10.0 Å². The first-order valence-electron chi connectivity index (χ1n) is 4.68. The van der Waals surface area contributed by atoms with Crippen LogP contribution < -0.4 is 4.72 Å². The Bertz CT molecular complexity index is 383. The van der Waals surface area contributed by atoms with Crippen molar-refractivity contribution in [2.75, 3.05) is 12.3 Å². The molecule has 0 aliphatic heterocycles. The minimum atomic E-state index is -3.17. The predicted molar refractivity (Wildman–Crippen MR) is 58.8 cm³/mol. The van der Waals surface area contributed by atoms with E-state index in [-0.39, 0.29) is 5.75 Å². The van der Waals surface area contributed by atoms with E-state index >= 15 is 0 Å². The maximum atomic E-state index is 11.2. The van der Waals surface area contributed by atoms with Crippen molar-refractivity contribution in [3.05, 3.63) is 31.4 Å². The zero-order chi connectivity index (χ0) is 11.1. The first-order valence-corrected chi connectivity index (χ1v) is 6.33. The Morgan fingerprint density at radius 1 is 1.53 bits per heavy atom. The number of hydrogen-bond donors (Lipinski definition) is 1. The molecule has 1 aromatic rings. The molecule has 0 saturated carbocycles. The molecule has 0 spiro atoms. The van der Waals surface area contributed by atoms with E-state index in [1.807, 2.05) is 10.8 Å². The topological polar surface area (TPSA) is 64.0 Å². The van der Waals surface area contributed by atoms with Gasteiger partial charge < -0.3 is 4.57 Å². The van der Waals surface area contributed by atoms with Crippen LogP contribution in [0.3, 0.4) is 0 Å². The summed E-state index contributed by atoms with van der Waals surface area (Å²) in [7, 11) is -3.17. The van der Waals surface area contributed by atoms with Crippen LogP contribution in [0.1, 0.15) is 6.42 Å².